The molecule has 1 amide bonds. The van der Waals surface area contributed by atoms with E-state index in [4.69, 9.17) is 0 Å². The van der Waals surface area contributed by atoms with Gasteiger partial charge in [-0.3, -0.25) is 4.79 Å². The van der Waals surface area contributed by atoms with Crippen LogP contribution >= 0.6 is 0 Å². The van der Waals surface area contributed by atoms with Gasteiger partial charge < -0.3 is 10.2 Å². The number of hydrogen-bond acceptors (Lipinski definition) is 3. The number of amides is 1. The van der Waals surface area contributed by atoms with Crippen LogP contribution in [0.5, 0.6) is 0 Å². The molecule has 1 aromatic rings. The second-order valence-corrected chi connectivity index (χ2v) is 4.76. The predicted octanol–water partition coefficient (Wildman–Crippen LogP) is 1.94. The molecule has 0 saturated carbocycles. The van der Waals surface area contributed by atoms with Crippen LogP contribution in [0.25, 0.3) is 0 Å². The van der Waals surface area contributed by atoms with Crippen LogP contribution < -0.4 is 5.32 Å². The van der Waals surface area contributed by atoms with E-state index in [2.05, 4.69) is 10.3 Å². The Bertz CT molecular complexity index is 623. The minimum atomic E-state index is -0.511. The van der Waals surface area contributed by atoms with Crippen molar-refractivity contribution in [1.82, 2.24) is 4.90 Å². The van der Waals surface area contributed by atoms with E-state index in [1.165, 1.54) is 11.9 Å². The molecule has 0 spiro atoms. The summed E-state index contributed by atoms with van der Waals surface area (Å²) in [6.07, 6.45) is 2.86. The molecule has 5 heteroatoms. The SMILES string of the molecule is CN(C)C=NC(=O)/C(C#N)=C1/CCc2ccccc2N1. The molecule has 0 unspecified atom stereocenters. The molecular weight excluding hydrogens is 252 g/mol. The van der Waals surface area contributed by atoms with Gasteiger partial charge in [-0.15, -0.1) is 0 Å². The second-order valence-electron chi connectivity index (χ2n) is 4.76. The fraction of sp³-hybridized carbons (Fsp3) is 0.267. The third-order valence-corrected chi connectivity index (χ3v) is 2.98. The smallest absolute Gasteiger partial charge is 0.290 e. The minimum Gasteiger partial charge on any atom is -0.369 e. The molecule has 0 aromatic heterocycles. The molecule has 20 heavy (non-hydrogen) atoms. The first-order valence-electron chi connectivity index (χ1n) is 6.35. The average molecular weight is 268 g/mol. The Morgan fingerprint density at radius 3 is 2.85 bits per heavy atom. The number of carbonyl (C=O) groups excluding carboxylic acids is 1. The highest BCUT2D eigenvalue weighted by molar-refractivity contribution is 6.02. The lowest BCUT2D eigenvalue weighted by Crippen LogP contribution is -2.16. The largest absolute Gasteiger partial charge is 0.369 e. The molecule has 0 bridgehead atoms. The first-order chi connectivity index (χ1) is 9.61. The number of nitriles is 1. The number of aryl methyl sites for hydroxylation is 1. The van der Waals surface area contributed by atoms with Gasteiger partial charge in [0.05, 0.1) is 6.34 Å². The number of allylic oxidation sites excluding steroid dienone is 1. The zero-order valence-corrected chi connectivity index (χ0v) is 11.6. The molecule has 0 fully saturated rings. The van der Waals surface area contributed by atoms with E-state index in [0.717, 1.165) is 12.1 Å². The summed E-state index contributed by atoms with van der Waals surface area (Å²) in [5.74, 6) is -0.511. The summed E-state index contributed by atoms with van der Waals surface area (Å²) in [5, 5.41) is 12.4. The Morgan fingerprint density at radius 1 is 1.40 bits per heavy atom. The van der Waals surface area contributed by atoms with E-state index >= 15 is 0 Å². The summed E-state index contributed by atoms with van der Waals surface area (Å²) in [6, 6.07) is 9.84. The van der Waals surface area contributed by atoms with Gasteiger partial charge in [0.25, 0.3) is 5.91 Å². The molecular formula is C15H16N4O. The molecule has 1 heterocycles. The Balaban J connectivity index is 2.28. The lowest BCUT2D eigenvalue weighted by atomic mass is 9.99. The van der Waals surface area contributed by atoms with Gasteiger partial charge in [-0.25, -0.2) is 0 Å². The van der Waals surface area contributed by atoms with Gasteiger partial charge in [0.15, 0.2) is 0 Å². The molecule has 0 radical (unpaired) electrons. The topological polar surface area (TPSA) is 68.5 Å². The lowest BCUT2D eigenvalue weighted by Gasteiger charge is -2.21. The van der Waals surface area contributed by atoms with Gasteiger partial charge in [-0.1, -0.05) is 18.2 Å². The van der Waals surface area contributed by atoms with E-state index < -0.39 is 5.91 Å². The van der Waals surface area contributed by atoms with Gasteiger partial charge >= 0.3 is 0 Å². The van der Waals surface area contributed by atoms with E-state index in [9.17, 15) is 10.1 Å². The maximum Gasteiger partial charge on any atom is 0.290 e. The molecule has 5 nitrogen and oxygen atoms in total. The maximum atomic E-state index is 11.9. The number of aliphatic imine (C=N–C) groups is 1. The summed E-state index contributed by atoms with van der Waals surface area (Å²) in [6.45, 7) is 0. The third-order valence-electron chi connectivity index (χ3n) is 2.98. The number of benzene rings is 1. The van der Waals surface area contributed by atoms with Crippen LogP contribution in [0.2, 0.25) is 0 Å². The number of nitrogens with zero attached hydrogens (tertiary/aromatic N) is 3. The summed E-state index contributed by atoms with van der Waals surface area (Å²) >= 11 is 0. The quantitative estimate of drug-likeness (QED) is 0.385. The van der Waals surface area contributed by atoms with Crippen LogP contribution in [0.3, 0.4) is 0 Å². The Kier molecular flexibility index (Phi) is 4.16. The molecule has 0 saturated heterocycles. The number of anilines is 1. The van der Waals surface area contributed by atoms with Crippen LogP contribution in [-0.2, 0) is 11.2 Å². The molecule has 2 rings (SSSR count). The van der Waals surface area contributed by atoms with Gasteiger partial charge in [-0.2, -0.15) is 10.3 Å². The van der Waals surface area contributed by atoms with Crippen LogP contribution in [-0.4, -0.2) is 31.2 Å². The molecule has 1 aliphatic heterocycles. The van der Waals surface area contributed by atoms with Gasteiger partial charge in [0.1, 0.15) is 11.6 Å². The van der Waals surface area contributed by atoms with Crippen LogP contribution in [0.4, 0.5) is 5.69 Å². The zero-order valence-electron chi connectivity index (χ0n) is 11.6. The van der Waals surface area contributed by atoms with E-state index in [1.54, 1.807) is 19.0 Å². The van der Waals surface area contributed by atoms with Crippen molar-refractivity contribution < 1.29 is 4.79 Å². The van der Waals surface area contributed by atoms with Gasteiger partial charge in [0.2, 0.25) is 0 Å². The highest BCUT2D eigenvalue weighted by atomic mass is 16.1. The standard InChI is InChI=1S/C15H16N4O/c1-19(2)10-17-15(20)12(9-16)14-8-7-11-5-3-4-6-13(11)18-14/h3-6,10,18H,7-8H2,1-2H3/b14-12-,17-10?. The lowest BCUT2D eigenvalue weighted by molar-refractivity contribution is -0.114. The molecule has 1 aliphatic rings. The van der Waals surface area contributed by atoms with Crippen molar-refractivity contribution >= 4 is 17.9 Å². The third kappa shape index (κ3) is 3.04. The number of rotatable bonds is 2. The molecule has 0 aliphatic carbocycles. The number of carbonyl (C=O) groups is 1. The molecule has 0 atom stereocenters. The van der Waals surface area contributed by atoms with Crippen molar-refractivity contribution in [3.05, 3.63) is 41.1 Å². The van der Waals surface area contributed by atoms with Crippen molar-refractivity contribution in [1.29, 1.82) is 5.26 Å². The van der Waals surface area contributed by atoms with Gasteiger partial charge in [0, 0.05) is 25.5 Å². The normalized spacial score (nSPS) is 16.1. The average Bonchev–Trinajstić information content (AvgIpc) is 2.45. The second kappa shape index (κ2) is 6.02. The molecule has 1 aromatic carbocycles. The van der Waals surface area contributed by atoms with Crippen LogP contribution in [0.15, 0.2) is 40.5 Å². The Labute approximate surface area is 118 Å². The molecule has 102 valence electrons. The van der Waals surface area contributed by atoms with Crippen molar-refractivity contribution in [3.63, 3.8) is 0 Å². The highest BCUT2D eigenvalue weighted by Gasteiger charge is 2.19. The summed E-state index contributed by atoms with van der Waals surface area (Å²) < 4.78 is 0. The maximum absolute atomic E-state index is 11.9. The van der Waals surface area contributed by atoms with Crippen molar-refractivity contribution in [2.24, 2.45) is 4.99 Å². The number of nitrogens with one attached hydrogen (secondary N) is 1. The van der Waals surface area contributed by atoms with E-state index in [1.807, 2.05) is 30.3 Å². The number of fused-ring (bicyclic) bond motifs is 1. The molecule has 1 N–H and O–H groups in total. The number of para-hydroxylation sites is 1. The van der Waals surface area contributed by atoms with E-state index in [-0.39, 0.29) is 5.57 Å². The van der Waals surface area contributed by atoms with Crippen molar-refractivity contribution in [3.8, 4) is 6.07 Å². The number of hydrogen-bond donors (Lipinski definition) is 1. The Hall–Kier alpha value is -2.61. The zero-order chi connectivity index (χ0) is 14.5. The monoisotopic (exact) mass is 268 g/mol. The summed E-state index contributed by atoms with van der Waals surface area (Å²) in [7, 11) is 3.54. The van der Waals surface area contributed by atoms with Crippen molar-refractivity contribution in [2.45, 2.75) is 12.8 Å². The van der Waals surface area contributed by atoms with Crippen LogP contribution in [0.1, 0.15) is 12.0 Å². The van der Waals surface area contributed by atoms with Crippen molar-refractivity contribution in [2.75, 3.05) is 19.4 Å². The fourth-order valence-electron chi connectivity index (χ4n) is 2.01. The first-order valence-corrected chi connectivity index (χ1v) is 6.35. The predicted molar refractivity (Wildman–Crippen MR) is 78.2 cm³/mol. The fourth-order valence-corrected chi connectivity index (χ4v) is 2.01. The van der Waals surface area contributed by atoms with Gasteiger partial charge in [-0.05, 0) is 24.5 Å². The highest BCUT2D eigenvalue weighted by Crippen LogP contribution is 2.27. The first kappa shape index (κ1) is 13.8. The Morgan fingerprint density at radius 2 is 2.15 bits per heavy atom. The minimum absolute atomic E-state index is 0.0811. The summed E-state index contributed by atoms with van der Waals surface area (Å²) in [5.41, 5.74) is 2.87. The van der Waals surface area contributed by atoms with E-state index in [0.29, 0.717) is 12.1 Å². The summed E-state index contributed by atoms with van der Waals surface area (Å²) in [4.78, 5) is 17.4. The van der Waals surface area contributed by atoms with Crippen LogP contribution in [0, 0.1) is 11.3 Å².